The lowest BCUT2D eigenvalue weighted by molar-refractivity contribution is -0.146. The zero-order chi connectivity index (χ0) is 11.2. The summed E-state index contributed by atoms with van der Waals surface area (Å²) in [4.78, 5) is 3.63. The minimum atomic E-state index is -4.40. The van der Waals surface area contributed by atoms with Gasteiger partial charge >= 0.3 is 6.18 Å². The standard InChI is InChI=1S/C9H12F3N3/c1-15-7-5(13)3-2-4-6(7)14-8(15)9(10,11)12/h5H,2-4,13H2,1H3. The summed E-state index contributed by atoms with van der Waals surface area (Å²) in [5.41, 5.74) is 6.81. The molecule has 0 saturated carbocycles. The first-order valence-electron chi connectivity index (χ1n) is 4.79. The van der Waals surface area contributed by atoms with Gasteiger partial charge in [-0.15, -0.1) is 0 Å². The van der Waals surface area contributed by atoms with E-state index in [0.29, 0.717) is 17.8 Å². The van der Waals surface area contributed by atoms with Crippen LogP contribution < -0.4 is 5.73 Å². The molecular formula is C9H12F3N3. The van der Waals surface area contributed by atoms with E-state index >= 15 is 0 Å². The number of hydrogen-bond donors (Lipinski definition) is 1. The number of halogens is 3. The van der Waals surface area contributed by atoms with Crippen molar-refractivity contribution in [3.05, 3.63) is 17.2 Å². The normalized spacial score (nSPS) is 21.5. The maximum Gasteiger partial charge on any atom is 0.449 e. The predicted octanol–water partition coefficient (Wildman–Crippen LogP) is 1.78. The lowest BCUT2D eigenvalue weighted by Crippen LogP contribution is -2.21. The Balaban J connectivity index is 2.53. The average Bonchev–Trinajstić information content (AvgIpc) is 2.44. The van der Waals surface area contributed by atoms with Gasteiger partial charge in [-0.1, -0.05) is 0 Å². The van der Waals surface area contributed by atoms with Crippen molar-refractivity contribution in [2.45, 2.75) is 31.5 Å². The topological polar surface area (TPSA) is 43.8 Å². The molecule has 3 nitrogen and oxygen atoms in total. The summed E-state index contributed by atoms with van der Waals surface area (Å²) in [6.07, 6.45) is -2.27. The number of hydrogen-bond acceptors (Lipinski definition) is 2. The van der Waals surface area contributed by atoms with Crippen molar-refractivity contribution in [1.82, 2.24) is 9.55 Å². The number of nitrogens with two attached hydrogens (primary N) is 1. The molecule has 0 radical (unpaired) electrons. The molecule has 1 heterocycles. The molecule has 0 bridgehead atoms. The van der Waals surface area contributed by atoms with Crippen LogP contribution in [0.15, 0.2) is 0 Å². The van der Waals surface area contributed by atoms with Gasteiger partial charge in [0.2, 0.25) is 5.82 Å². The number of fused-ring (bicyclic) bond motifs is 1. The molecule has 1 atom stereocenters. The number of rotatable bonds is 0. The van der Waals surface area contributed by atoms with Gasteiger partial charge in [0.25, 0.3) is 0 Å². The highest BCUT2D eigenvalue weighted by atomic mass is 19.4. The van der Waals surface area contributed by atoms with E-state index in [1.807, 2.05) is 0 Å². The Kier molecular flexibility index (Phi) is 2.26. The molecular weight excluding hydrogens is 207 g/mol. The number of imidazole rings is 1. The Hall–Kier alpha value is -1.04. The van der Waals surface area contributed by atoms with Crippen LogP contribution in [-0.4, -0.2) is 9.55 Å². The lowest BCUT2D eigenvalue weighted by atomic mass is 9.97. The molecule has 0 saturated heterocycles. The number of aryl methyl sites for hydroxylation is 1. The van der Waals surface area contributed by atoms with E-state index in [1.165, 1.54) is 7.05 Å². The van der Waals surface area contributed by atoms with Crippen molar-refractivity contribution in [1.29, 1.82) is 0 Å². The molecule has 1 aromatic heterocycles. The van der Waals surface area contributed by atoms with Gasteiger partial charge in [0.05, 0.1) is 11.4 Å². The zero-order valence-corrected chi connectivity index (χ0v) is 8.30. The molecule has 1 aliphatic carbocycles. The molecule has 0 aromatic carbocycles. The molecule has 2 N–H and O–H groups in total. The first-order valence-corrected chi connectivity index (χ1v) is 4.79. The van der Waals surface area contributed by atoms with E-state index in [2.05, 4.69) is 4.98 Å². The smallest absolute Gasteiger partial charge is 0.326 e. The minimum absolute atomic E-state index is 0.317. The first kappa shape index (κ1) is 10.5. The fraction of sp³-hybridized carbons (Fsp3) is 0.667. The molecule has 6 heteroatoms. The summed E-state index contributed by atoms with van der Waals surface area (Å²) < 4.78 is 38.7. The quantitative estimate of drug-likeness (QED) is 0.722. The van der Waals surface area contributed by atoms with E-state index in [9.17, 15) is 13.2 Å². The first-order chi connectivity index (χ1) is 6.91. The Morgan fingerprint density at radius 3 is 2.67 bits per heavy atom. The molecule has 2 rings (SSSR count). The van der Waals surface area contributed by atoms with E-state index in [-0.39, 0.29) is 6.04 Å². The van der Waals surface area contributed by atoms with Crippen LogP contribution in [0.3, 0.4) is 0 Å². The monoisotopic (exact) mass is 219 g/mol. The van der Waals surface area contributed by atoms with Gasteiger partial charge in [0.15, 0.2) is 0 Å². The molecule has 0 fully saturated rings. The molecule has 15 heavy (non-hydrogen) atoms. The van der Waals surface area contributed by atoms with E-state index in [1.54, 1.807) is 0 Å². The number of aromatic nitrogens is 2. The molecule has 1 aliphatic rings. The van der Waals surface area contributed by atoms with Crippen molar-refractivity contribution in [2.24, 2.45) is 12.8 Å². The van der Waals surface area contributed by atoms with E-state index in [4.69, 9.17) is 5.73 Å². The maximum atomic E-state index is 12.5. The van der Waals surface area contributed by atoms with Gasteiger partial charge in [-0.3, -0.25) is 0 Å². The van der Waals surface area contributed by atoms with Crippen molar-refractivity contribution in [3.8, 4) is 0 Å². The molecule has 1 unspecified atom stereocenters. The fourth-order valence-corrected chi connectivity index (χ4v) is 2.09. The van der Waals surface area contributed by atoms with Crippen LogP contribution in [0.5, 0.6) is 0 Å². The van der Waals surface area contributed by atoms with Crippen LogP contribution in [0.25, 0.3) is 0 Å². The summed E-state index contributed by atoms with van der Waals surface area (Å²) >= 11 is 0. The van der Waals surface area contributed by atoms with Gasteiger partial charge in [0, 0.05) is 13.1 Å². The van der Waals surface area contributed by atoms with Crippen molar-refractivity contribution < 1.29 is 13.2 Å². The van der Waals surface area contributed by atoms with Crippen molar-refractivity contribution >= 4 is 0 Å². The third-order valence-corrected chi connectivity index (χ3v) is 2.75. The Morgan fingerprint density at radius 2 is 2.13 bits per heavy atom. The molecule has 1 aromatic rings. The van der Waals surface area contributed by atoms with Crippen LogP contribution in [0.4, 0.5) is 13.2 Å². The summed E-state index contributed by atoms with van der Waals surface area (Å²) in [6.45, 7) is 0. The maximum absolute atomic E-state index is 12.5. The second kappa shape index (κ2) is 3.23. The predicted molar refractivity (Wildman–Crippen MR) is 48.1 cm³/mol. The van der Waals surface area contributed by atoms with Crippen LogP contribution in [-0.2, 0) is 19.6 Å². The van der Waals surface area contributed by atoms with Crippen molar-refractivity contribution in [2.75, 3.05) is 0 Å². The second-order valence-electron chi connectivity index (χ2n) is 3.82. The highest BCUT2D eigenvalue weighted by molar-refractivity contribution is 5.24. The van der Waals surface area contributed by atoms with Crippen LogP contribution in [0.1, 0.15) is 36.1 Å². The Labute approximate surface area is 85.1 Å². The molecule has 0 spiro atoms. The van der Waals surface area contributed by atoms with Crippen LogP contribution in [0, 0.1) is 0 Å². The summed E-state index contributed by atoms with van der Waals surface area (Å²) in [5.74, 6) is -0.843. The van der Waals surface area contributed by atoms with Gasteiger partial charge < -0.3 is 10.3 Å². The Morgan fingerprint density at radius 1 is 1.47 bits per heavy atom. The zero-order valence-electron chi connectivity index (χ0n) is 8.30. The van der Waals surface area contributed by atoms with Gasteiger partial charge in [0.1, 0.15) is 0 Å². The summed E-state index contributed by atoms with van der Waals surface area (Å²) in [5, 5.41) is 0. The minimum Gasteiger partial charge on any atom is -0.326 e. The van der Waals surface area contributed by atoms with Gasteiger partial charge in [-0.25, -0.2) is 4.98 Å². The molecule has 84 valence electrons. The highest BCUT2D eigenvalue weighted by Gasteiger charge is 2.39. The average molecular weight is 219 g/mol. The van der Waals surface area contributed by atoms with Gasteiger partial charge in [-0.2, -0.15) is 13.2 Å². The summed E-state index contributed by atoms with van der Waals surface area (Å²) in [7, 11) is 1.37. The van der Waals surface area contributed by atoms with Gasteiger partial charge in [-0.05, 0) is 19.3 Å². The van der Waals surface area contributed by atoms with Crippen molar-refractivity contribution in [3.63, 3.8) is 0 Å². The van der Waals surface area contributed by atoms with E-state index < -0.39 is 12.0 Å². The lowest BCUT2D eigenvalue weighted by Gasteiger charge is -2.19. The van der Waals surface area contributed by atoms with E-state index in [0.717, 1.165) is 17.4 Å². The second-order valence-corrected chi connectivity index (χ2v) is 3.82. The third-order valence-electron chi connectivity index (χ3n) is 2.75. The summed E-state index contributed by atoms with van der Waals surface area (Å²) in [6, 6.07) is -0.317. The fourth-order valence-electron chi connectivity index (χ4n) is 2.09. The largest absolute Gasteiger partial charge is 0.449 e. The molecule has 0 aliphatic heterocycles. The Bertz CT molecular complexity index is 381. The van der Waals surface area contributed by atoms with Crippen LogP contribution >= 0.6 is 0 Å². The number of alkyl halides is 3. The number of nitrogens with zero attached hydrogens (tertiary/aromatic N) is 2. The van der Waals surface area contributed by atoms with Crippen LogP contribution in [0.2, 0.25) is 0 Å². The SMILES string of the molecule is Cn1c(C(F)(F)F)nc2c1C(N)CCC2. The highest BCUT2D eigenvalue weighted by Crippen LogP contribution is 2.34. The molecule has 0 amide bonds. The third kappa shape index (κ3) is 1.62.